The first kappa shape index (κ1) is 15.1. The minimum absolute atomic E-state index is 0.157. The molecule has 1 amide bonds. The first-order chi connectivity index (χ1) is 8.49. The summed E-state index contributed by atoms with van der Waals surface area (Å²) >= 11 is 1.69. The number of rotatable bonds is 6. The van der Waals surface area contributed by atoms with Crippen molar-refractivity contribution in [2.75, 3.05) is 13.1 Å². The third-order valence-electron chi connectivity index (χ3n) is 3.08. The molecule has 1 rings (SSSR count). The molecule has 18 heavy (non-hydrogen) atoms. The molecule has 1 unspecified atom stereocenters. The highest BCUT2D eigenvalue weighted by atomic mass is 32.1. The fraction of sp³-hybridized carbons (Fsp3) is 0.692. The number of aromatic nitrogens is 1. The number of hydrogen-bond donors (Lipinski definition) is 1. The summed E-state index contributed by atoms with van der Waals surface area (Å²) in [7, 11) is 0. The van der Waals surface area contributed by atoms with E-state index in [1.165, 1.54) is 4.88 Å². The van der Waals surface area contributed by atoms with Crippen LogP contribution in [0.2, 0.25) is 0 Å². The number of likely N-dealkylation sites (N-methyl/N-ethyl adjacent to an activating group) is 1. The molecule has 0 aliphatic heterocycles. The van der Waals surface area contributed by atoms with E-state index in [2.05, 4.69) is 17.2 Å². The van der Waals surface area contributed by atoms with Crippen LogP contribution in [0.1, 0.15) is 36.3 Å². The molecule has 0 saturated heterocycles. The molecular weight excluding hydrogens is 246 g/mol. The van der Waals surface area contributed by atoms with E-state index < -0.39 is 0 Å². The van der Waals surface area contributed by atoms with Crippen LogP contribution in [0.15, 0.2) is 0 Å². The van der Waals surface area contributed by atoms with Crippen molar-refractivity contribution in [2.45, 2.75) is 47.2 Å². The lowest BCUT2D eigenvalue weighted by Crippen LogP contribution is -2.44. The third-order valence-corrected chi connectivity index (χ3v) is 4.15. The van der Waals surface area contributed by atoms with Crippen LogP contribution in [0, 0.1) is 13.8 Å². The second-order valence-corrected chi connectivity index (χ2v) is 5.65. The summed E-state index contributed by atoms with van der Waals surface area (Å²) in [6.45, 7) is 12.2. The number of aryl methyl sites for hydroxylation is 2. The topological polar surface area (TPSA) is 45.2 Å². The second-order valence-electron chi connectivity index (χ2n) is 4.36. The Kier molecular flexibility index (Phi) is 5.75. The van der Waals surface area contributed by atoms with Gasteiger partial charge in [-0.25, -0.2) is 4.98 Å². The molecule has 0 spiro atoms. The number of nitrogens with zero attached hydrogens (tertiary/aromatic N) is 2. The molecule has 0 saturated carbocycles. The van der Waals surface area contributed by atoms with Gasteiger partial charge in [0, 0.05) is 24.5 Å². The monoisotopic (exact) mass is 269 g/mol. The molecule has 0 aliphatic rings. The Bertz CT molecular complexity index is 379. The maximum Gasteiger partial charge on any atom is 0.239 e. The van der Waals surface area contributed by atoms with E-state index in [4.69, 9.17) is 0 Å². The molecule has 1 aromatic rings. The van der Waals surface area contributed by atoms with Gasteiger partial charge in [0.05, 0.1) is 11.7 Å². The van der Waals surface area contributed by atoms with Crippen LogP contribution in [0.4, 0.5) is 0 Å². The SMILES string of the molecule is CCN(CC)C(=O)C(C)NCc1nc(C)c(C)s1. The van der Waals surface area contributed by atoms with Crippen LogP contribution in [0.5, 0.6) is 0 Å². The fourth-order valence-electron chi connectivity index (χ4n) is 1.75. The highest BCUT2D eigenvalue weighted by Crippen LogP contribution is 2.16. The van der Waals surface area contributed by atoms with Gasteiger partial charge in [-0.3, -0.25) is 10.1 Å². The van der Waals surface area contributed by atoms with Gasteiger partial charge in [0.15, 0.2) is 0 Å². The van der Waals surface area contributed by atoms with E-state index in [0.717, 1.165) is 23.8 Å². The smallest absolute Gasteiger partial charge is 0.239 e. The van der Waals surface area contributed by atoms with E-state index in [0.29, 0.717) is 6.54 Å². The quantitative estimate of drug-likeness (QED) is 0.860. The summed E-state index contributed by atoms with van der Waals surface area (Å²) in [4.78, 5) is 19.6. The Morgan fingerprint density at radius 3 is 2.44 bits per heavy atom. The molecule has 0 radical (unpaired) electrons. The predicted octanol–water partition coefficient (Wildman–Crippen LogP) is 2.11. The van der Waals surface area contributed by atoms with Crippen molar-refractivity contribution in [3.63, 3.8) is 0 Å². The lowest BCUT2D eigenvalue weighted by molar-refractivity contribution is -0.132. The molecule has 1 atom stereocenters. The summed E-state index contributed by atoms with van der Waals surface area (Å²) in [6.07, 6.45) is 0. The van der Waals surface area contributed by atoms with Gasteiger partial charge in [-0.2, -0.15) is 0 Å². The van der Waals surface area contributed by atoms with Crippen molar-refractivity contribution in [3.8, 4) is 0 Å². The molecule has 0 bridgehead atoms. The highest BCUT2D eigenvalue weighted by molar-refractivity contribution is 7.11. The van der Waals surface area contributed by atoms with E-state index in [1.807, 2.05) is 32.6 Å². The Hall–Kier alpha value is -0.940. The standard InChI is InChI=1S/C13H23N3OS/c1-6-16(7-2)13(17)10(4)14-8-12-15-9(3)11(5)18-12/h10,14H,6-8H2,1-5H3. The number of carbonyl (C=O) groups is 1. The summed E-state index contributed by atoms with van der Waals surface area (Å²) in [5.41, 5.74) is 1.08. The molecule has 1 aromatic heterocycles. The number of carbonyl (C=O) groups excluding carboxylic acids is 1. The van der Waals surface area contributed by atoms with Gasteiger partial charge in [0.2, 0.25) is 5.91 Å². The molecule has 0 fully saturated rings. The number of nitrogens with one attached hydrogen (secondary N) is 1. The maximum absolute atomic E-state index is 12.0. The van der Waals surface area contributed by atoms with Crippen LogP contribution < -0.4 is 5.32 Å². The van der Waals surface area contributed by atoms with Crippen LogP contribution in [0.25, 0.3) is 0 Å². The lowest BCUT2D eigenvalue weighted by Gasteiger charge is -2.23. The van der Waals surface area contributed by atoms with Crippen molar-refractivity contribution < 1.29 is 4.79 Å². The number of amides is 1. The van der Waals surface area contributed by atoms with Crippen LogP contribution in [-0.2, 0) is 11.3 Å². The van der Waals surface area contributed by atoms with Crippen molar-refractivity contribution in [3.05, 3.63) is 15.6 Å². The Balaban J connectivity index is 2.50. The summed E-state index contributed by atoms with van der Waals surface area (Å²) in [5.74, 6) is 0.157. The molecule has 1 heterocycles. The molecular formula is C13H23N3OS. The van der Waals surface area contributed by atoms with Gasteiger partial charge in [-0.15, -0.1) is 11.3 Å². The summed E-state index contributed by atoms with van der Waals surface area (Å²) in [5, 5.41) is 4.29. The van der Waals surface area contributed by atoms with E-state index >= 15 is 0 Å². The first-order valence-corrected chi connectivity index (χ1v) is 7.26. The van der Waals surface area contributed by atoms with Crippen molar-refractivity contribution in [2.24, 2.45) is 0 Å². The zero-order valence-electron chi connectivity index (χ0n) is 11.9. The average molecular weight is 269 g/mol. The number of hydrogen-bond acceptors (Lipinski definition) is 4. The highest BCUT2D eigenvalue weighted by Gasteiger charge is 2.17. The lowest BCUT2D eigenvalue weighted by atomic mass is 10.3. The van der Waals surface area contributed by atoms with Gasteiger partial charge in [-0.1, -0.05) is 0 Å². The molecule has 4 nitrogen and oxygen atoms in total. The van der Waals surface area contributed by atoms with Crippen molar-refractivity contribution >= 4 is 17.2 Å². The van der Waals surface area contributed by atoms with E-state index in [-0.39, 0.29) is 11.9 Å². The number of thiazole rings is 1. The largest absolute Gasteiger partial charge is 0.342 e. The minimum Gasteiger partial charge on any atom is -0.342 e. The normalized spacial score (nSPS) is 12.5. The third kappa shape index (κ3) is 3.78. The maximum atomic E-state index is 12.0. The van der Waals surface area contributed by atoms with Crippen LogP contribution in [-0.4, -0.2) is 34.9 Å². The molecule has 5 heteroatoms. The average Bonchev–Trinajstić information content (AvgIpc) is 2.67. The Labute approximate surface area is 113 Å². The molecule has 102 valence electrons. The second kappa shape index (κ2) is 6.85. The minimum atomic E-state index is -0.158. The Morgan fingerprint density at radius 2 is 2.00 bits per heavy atom. The van der Waals surface area contributed by atoms with Gasteiger partial charge in [0.25, 0.3) is 0 Å². The van der Waals surface area contributed by atoms with Crippen LogP contribution in [0.3, 0.4) is 0 Å². The fourth-order valence-corrected chi connectivity index (χ4v) is 2.64. The zero-order valence-corrected chi connectivity index (χ0v) is 12.7. The van der Waals surface area contributed by atoms with Gasteiger partial charge >= 0.3 is 0 Å². The van der Waals surface area contributed by atoms with E-state index in [9.17, 15) is 4.79 Å². The van der Waals surface area contributed by atoms with Crippen molar-refractivity contribution in [1.82, 2.24) is 15.2 Å². The van der Waals surface area contributed by atoms with Crippen LogP contribution >= 0.6 is 11.3 Å². The van der Waals surface area contributed by atoms with Gasteiger partial charge in [0.1, 0.15) is 5.01 Å². The summed E-state index contributed by atoms with van der Waals surface area (Å²) < 4.78 is 0. The summed E-state index contributed by atoms with van der Waals surface area (Å²) in [6, 6.07) is -0.158. The van der Waals surface area contributed by atoms with Gasteiger partial charge < -0.3 is 4.90 Å². The molecule has 0 aliphatic carbocycles. The zero-order chi connectivity index (χ0) is 13.7. The van der Waals surface area contributed by atoms with Crippen molar-refractivity contribution in [1.29, 1.82) is 0 Å². The molecule has 1 N–H and O–H groups in total. The first-order valence-electron chi connectivity index (χ1n) is 6.44. The van der Waals surface area contributed by atoms with Gasteiger partial charge in [-0.05, 0) is 34.6 Å². The Morgan fingerprint density at radius 1 is 1.39 bits per heavy atom. The predicted molar refractivity (Wildman–Crippen MR) is 75.8 cm³/mol. The molecule has 0 aromatic carbocycles. The van der Waals surface area contributed by atoms with E-state index in [1.54, 1.807) is 11.3 Å².